The third kappa shape index (κ3) is 3.67. The Labute approximate surface area is 172 Å². The van der Waals surface area contributed by atoms with E-state index in [2.05, 4.69) is 24.1 Å². The van der Waals surface area contributed by atoms with Gasteiger partial charge in [-0.3, -0.25) is 9.79 Å². The Morgan fingerprint density at radius 1 is 1.21 bits per heavy atom. The van der Waals surface area contributed by atoms with Gasteiger partial charge in [0.1, 0.15) is 0 Å². The van der Waals surface area contributed by atoms with Crippen LogP contribution in [0.15, 0.2) is 41.4 Å². The van der Waals surface area contributed by atoms with Crippen LogP contribution in [0.25, 0.3) is 0 Å². The monoisotopic (exact) mass is 392 g/mol. The first-order valence-electron chi connectivity index (χ1n) is 10.2. The Hall–Kier alpha value is -2.66. The molecule has 2 aliphatic rings. The molecule has 4 rings (SSSR count). The fourth-order valence-electron chi connectivity index (χ4n) is 4.41. The lowest BCUT2D eigenvalue weighted by Gasteiger charge is -2.39. The highest BCUT2D eigenvalue weighted by Crippen LogP contribution is 2.42. The van der Waals surface area contributed by atoms with Crippen LogP contribution < -0.4 is 9.47 Å². The van der Waals surface area contributed by atoms with Crippen molar-refractivity contribution < 1.29 is 14.3 Å². The number of carbonyl (C=O) groups excluding carboxylic acids is 1. The Balaban J connectivity index is 1.85. The molecular weight excluding hydrogens is 364 g/mol. The number of piperidine rings is 1. The maximum Gasteiger partial charge on any atom is 0.161 e. The van der Waals surface area contributed by atoms with Gasteiger partial charge < -0.3 is 14.4 Å². The molecule has 152 valence electrons. The smallest absolute Gasteiger partial charge is 0.161 e. The van der Waals surface area contributed by atoms with E-state index in [1.54, 1.807) is 14.0 Å². The highest BCUT2D eigenvalue weighted by molar-refractivity contribution is 6.15. The molecule has 0 saturated carbocycles. The maximum absolute atomic E-state index is 11.7. The molecule has 0 aliphatic carbocycles. The lowest BCUT2D eigenvalue weighted by atomic mass is 9.79. The van der Waals surface area contributed by atoms with Crippen molar-refractivity contribution in [1.29, 1.82) is 0 Å². The number of likely N-dealkylation sites (N-methyl/N-ethyl adjacent to an activating group) is 1. The van der Waals surface area contributed by atoms with Gasteiger partial charge in [0.15, 0.2) is 17.3 Å². The van der Waals surface area contributed by atoms with Crippen LogP contribution in [0.1, 0.15) is 53.2 Å². The van der Waals surface area contributed by atoms with Gasteiger partial charge in [-0.25, -0.2) is 0 Å². The van der Waals surface area contributed by atoms with E-state index < -0.39 is 0 Å². The minimum Gasteiger partial charge on any atom is -0.493 e. The third-order valence-electron chi connectivity index (χ3n) is 5.93. The molecule has 5 nitrogen and oxygen atoms in total. The second kappa shape index (κ2) is 7.99. The average molecular weight is 392 g/mol. The van der Waals surface area contributed by atoms with Crippen molar-refractivity contribution in [2.24, 2.45) is 4.99 Å². The predicted molar refractivity (Wildman–Crippen MR) is 115 cm³/mol. The molecule has 0 amide bonds. The highest BCUT2D eigenvalue weighted by Gasteiger charge is 2.36. The second-order valence-electron chi connectivity index (χ2n) is 7.86. The number of ether oxygens (including phenoxy) is 2. The lowest BCUT2D eigenvalue weighted by molar-refractivity contribution is 0.101. The summed E-state index contributed by atoms with van der Waals surface area (Å²) in [4.78, 5) is 19.2. The molecule has 2 aliphatic heterocycles. The van der Waals surface area contributed by atoms with Gasteiger partial charge >= 0.3 is 0 Å². The van der Waals surface area contributed by atoms with E-state index in [1.807, 2.05) is 31.2 Å². The number of aliphatic imine (C=N–C) groups is 1. The fourth-order valence-corrected chi connectivity index (χ4v) is 4.41. The van der Waals surface area contributed by atoms with Crippen LogP contribution in [0.3, 0.4) is 0 Å². The first-order chi connectivity index (χ1) is 14.0. The molecule has 2 atom stereocenters. The fraction of sp³-hybridized carbons (Fsp3) is 0.417. The highest BCUT2D eigenvalue weighted by atomic mass is 16.5. The molecule has 0 spiro atoms. The summed E-state index contributed by atoms with van der Waals surface area (Å²) in [5, 5.41) is 0. The van der Waals surface area contributed by atoms with Crippen molar-refractivity contribution in [2.45, 2.75) is 32.2 Å². The standard InChI is InChI=1S/C24H28N2O3/c1-5-29-23-12-18-19(13-22(23)28-4)24(17-8-6-16(7-9-17)15(2)27)25-21-10-11-26(3)14-20(18)21/h6-9,12-13,20-21H,5,10-11,14H2,1-4H3. The van der Waals surface area contributed by atoms with Crippen molar-refractivity contribution >= 4 is 11.5 Å². The molecule has 5 heteroatoms. The topological polar surface area (TPSA) is 51.1 Å². The number of benzene rings is 2. The number of likely N-dealkylation sites (tertiary alicyclic amines) is 1. The van der Waals surface area contributed by atoms with E-state index in [0.29, 0.717) is 18.1 Å². The number of hydrogen-bond acceptors (Lipinski definition) is 5. The zero-order valence-electron chi connectivity index (χ0n) is 17.6. The minimum atomic E-state index is 0.0703. The number of nitrogens with zero attached hydrogens (tertiary/aromatic N) is 2. The molecule has 2 heterocycles. The van der Waals surface area contributed by atoms with E-state index in [4.69, 9.17) is 14.5 Å². The van der Waals surface area contributed by atoms with Gasteiger partial charge in [0.2, 0.25) is 0 Å². The first-order valence-corrected chi connectivity index (χ1v) is 10.2. The summed E-state index contributed by atoms with van der Waals surface area (Å²) in [6.45, 7) is 6.20. The second-order valence-corrected chi connectivity index (χ2v) is 7.86. The number of ketones is 1. The van der Waals surface area contributed by atoms with Crippen LogP contribution in [0.4, 0.5) is 0 Å². The summed E-state index contributed by atoms with van der Waals surface area (Å²) in [5.41, 5.74) is 5.08. The average Bonchev–Trinajstić information content (AvgIpc) is 2.73. The lowest BCUT2D eigenvalue weighted by Crippen LogP contribution is -2.41. The molecule has 2 unspecified atom stereocenters. The molecule has 0 bridgehead atoms. The number of fused-ring (bicyclic) bond motifs is 3. The van der Waals surface area contributed by atoms with Crippen LogP contribution in [-0.4, -0.2) is 56.3 Å². The Bertz CT molecular complexity index is 949. The SMILES string of the molecule is CCOc1cc2c(cc1OC)C(c1ccc(C(C)=O)cc1)=NC1CCN(C)CC21. The largest absolute Gasteiger partial charge is 0.493 e. The normalized spacial score (nSPS) is 21.0. The van der Waals surface area contributed by atoms with Crippen molar-refractivity contribution in [2.75, 3.05) is 33.9 Å². The van der Waals surface area contributed by atoms with E-state index in [-0.39, 0.29) is 11.8 Å². The Morgan fingerprint density at radius 3 is 2.62 bits per heavy atom. The summed E-state index contributed by atoms with van der Waals surface area (Å²) in [6, 6.07) is 12.2. The number of methoxy groups -OCH3 is 1. The molecule has 1 fully saturated rings. The van der Waals surface area contributed by atoms with E-state index in [1.165, 1.54) is 5.56 Å². The van der Waals surface area contributed by atoms with Crippen molar-refractivity contribution in [3.8, 4) is 11.5 Å². The van der Waals surface area contributed by atoms with Gasteiger partial charge in [-0.2, -0.15) is 0 Å². The molecule has 0 aromatic heterocycles. The number of Topliss-reactive ketones (excluding diaryl/α,β-unsaturated/α-hetero) is 1. The first kappa shape index (κ1) is 19.6. The van der Waals surface area contributed by atoms with Crippen LogP contribution in [0.2, 0.25) is 0 Å². The Kier molecular flexibility index (Phi) is 5.41. The van der Waals surface area contributed by atoms with Gasteiger partial charge in [-0.15, -0.1) is 0 Å². The summed E-state index contributed by atoms with van der Waals surface area (Å²) in [6.07, 6.45) is 1.03. The number of hydrogen-bond donors (Lipinski definition) is 0. The summed E-state index contributed by atoms with van der Waals surface area (Å²) >= 11 is 0. The molecule has 0 N–H and O–H groups in total. The molecular formula is C24H28N2O3. The number of rotatable bonds is 5. The van der Waals surface area contributed by atoms with Crippen molar-refractivity contribution in [1.82, 2.24) is 4.90 Å². The minimum absolute atomic E-state index is 0.0703. The molecule has 29 heavy (non-hydrogen) atoms. The zero-order chi connectivity index (χ0) is 20.5. The summed E-state index contributed by atoms with van der Waals surface area (Å²) in [5.74, 6) is 1.92. The summed E-state index contributed by atoms with van der Waals surface area (Å²) < 4.78 is 11.5. The van der Waals surface area contributed by atoms with E-state index >= 15 is 0 Å². The van der Waals surface area contributed by atoms with Gasteiger partial charge in [-0.05, 0) is 51.6 Å². The van der Waals surface area contributed by atoms with Gasteiger partial charge in [-0.1, -0.05) is 24.3 Å². The zero-order valence-corrected chi connectivity index (χ0v) is 17.6. The molecule has 1 saturated heterocycles. The van der Waals surface area contributed by atoms with Crippen molar-refractivity contribution in [3.05, 3.63) is 58.7 Å². The maximum atomic E-state index is 11.7. The molecule has 2 aromatic rings. The Morgan fingerprint density at radius 2 is 1.97 bits per heavy atom. The molecule has 2 aromatic carbocycles. The van der Waals surface area contributed by atoms with Crippen LogP contribution in [-0.2, 0) is 0 Å². The number of carbonyl (C=O) groups is 1. The predicted octanol–water partition coefficient (Wildman–Crippen LogP) is 3.94. The van der Waals surface area contributed by atoms with Crippen molar-refractivity contribution in [3.63, 3.8) is 0 Å². The van der Waals surface area contributed by atoms with Crippen LogP contribution in [0, 0.1) is 0 Å². The van der Waals surface area contributed by atoms with E-state index in [0.717, 1.165) is 47.8 Å². The van der Waals surface area contributed by atoms with Gasteiger partial charge in [0.25, 0.3) is 0 Å². The van der Waals surface area contributed by atoms with Crippen LogP contribution >= 0.6 is 0 Å². The van der Waals surface area contributed by atoms with Crippen LogP contribution in [0.5, 0.6) is 11.5 Å². The van der Waals surface area contributed by atoms with E-state index in [9.17, 15) is 4.79 Å². The molecule has 0 radical (unpaired) electrons. The van der Waals surface area contributed by atoms with Gasteiger partial charge in [0.05, 0.1) is 25.5 Å². The third-order valence-corrected chi connectivity index (χ3v) is 5.93. The summed E-state index contributed by atoms with van der Waals surface area (Å²) in [7, 11) is 3.84. The quantitative estimate of drug-likeness (QED) is 0.724. The van der Waals surface area contributed by atoms with Gasteiger partial charge in [0, 0.05) is 29.2 Å².